The van der Waals surface area contributed by atoms with Gasteiger partial charge in [0.25, 0.3) is 0 Å². The molecule has 2 aliphatic heterocycles. The van der Waals surface area contributed by atoms with Crippen LogP contribution in [0.25, 0.3) is 10.9 Å². The molecule has 10 heteroatoms. The molecule has 0 saturated carbocycles. The van der Waals surface area contributed by atoms with Crippen LogP contribution in [0.15, 0.2) is 24.3 Å². The van der Waals surface area contributed by atoms with E-state index in [1.54, 1.807) is 13.8 Å². The normalized spacial score (nSPS) is 19.7. The number of hydrogen-bond acceptors (Lipinski definition) is 7. The van der Waals surface area contributed by atoms with Gasteiger partial charge < -0.3 is 25.3 Å². The van der Waals surface area contributed by atoms with Gasteiger partial charge in [0, 0.05) is 29.5 Å². The molecule has 3 aromatic rings. The van der Waals surface area contributed by atoms with Crippen molar-refractivity contribution in [2.75, 3.05) is 24.3 Å². The van der Waals surface area contributed by atoms with Crippen LogP contribution in [0.3, 0.4) is 0 Å². The van der Waals surface area contributed by atoms with E-state index in [9.17, 15) is 13.2 Å². The van der Waals surface area contributed by atoms with Crippen molar-refractivity contribution in [3.05, 3.63) is 46.8 Å². The number of anilines is 2. The summed E-state index contributed by atoms with van der Waals surface area (Å²) < 4.78 is 58.1. The van der Waals surface area contributed by atoms with E-state index >= 15 is 0 Å². The first-order valence-corrected chi connectivity index (χ1v) is 11.9. The van der Waals surface area contributed by atoms with Crippen molar-refractivity contribution < 1.29 is 27.4 Å². The second-order valence-corrected chi connectivity index (χ2v) is 10.1. The summed E-state index contributed by atoms with van der Waals surface area (Å²) in [6.07, 6.45) is -3.17. The summed E-state index contributed by atoms with van der Waals surface area (Å²) in [5.41, 5.74) is 6.67. The number of halogens is 3. The van der Waals surface area contributed by atoms with E-state index in [0.717, 1.165) is 29.6 Å². The highest BCUT2D eigenvalue weighted by molar-refractivity contribution is 5.95. The summed E-state index contributed by atoms with van der Waals surface area (Å²) in [7, 11) is 0. The first-order chi connectivity index (χ1) is 16.9. The number of aromatic nitrogens is 2. The third kappa shape index (κ3) is 4.74. The molecule has 0 bridgehead atoms. The van der Waals surface area contributed by atoms with Gasteiger partial charge in [0.15, 0.2) is 11.5 Å². The summed E-state index contributed by atoms with van der Waals surface area (Å²) in [5.74, 6) is 2.29. The van der Waals surface area contributed by atoms with Crippen LogP contribution in [0, 0.1) is 6.92 Å². The summed E-state index contributed by atoms with van der Waals surface area (Å²) in [6.45, 7) is 8.71. The zero-order valence-corrected chi connectivity index (χ0v) is 20.6. The van der Waals surface area contributed by atoms with E-state index < -0.39 is 23.4 Å². The SMILES string of the molecule is Cc1nc(N[C@H](C)c2cc(N)cc(C(F)(F)F)c2)c2cc(OC3CCOC3)c3c(c2n1)CC(C)(C)O3. The van der Waals surface area contributed by atoms with Crippen LogP contribution in [0.1, 0.15) is 55.7 Å². The smallest absolute Gasteiger partial charge is 0.416 e. The molecule has 0 spiro atoms. The molecule has 1 aromatic heterocycles. The van der Waals surface area contributed by atoms with E-state index in [2.05, 4.69) is 10.3 Å². The Kier molecular flexibility index (Phi) is 5.89. The molecule has 0 radical (unpaired) electrons. The number of nitrogen functional groups attached to an aromatic ring is 1. The van der Waals surface area contributed by atoms with Crippen molar-refractivity contribution in [2.45, 2.75) is 64.5 Å². The molecule has 0 amide bonds. The molecule has 1 fully saturated rings. The minimum Gasteiger partial charge on any atom is -0.484 e. The highest BCUT2D eigenvalue weighted by Gasteiger charge is 2.37. The Bertz CT molecular complexity index is 1320. The lowest BCUT2D eigenvalue weighted by atomic mass is 9.98. The molecular formula is C26H29F3N4O3. The average molecular weight is 503 g/mol. The second kappa shape index (κ2) is 8.69. The molecule has 3 heterocycles. The van der Waals surface area contributed by atoms with E-state index in [1.165, 1.54) is 6.07 Å². The Morgan fingerprint density at radius 2 is 1.97 bits per heavy atom. The van der Waals surface area contributed by atoms with Crippen LogP contribution >= 0.6 is 0 Å². The summed E-state index contributed by atoms with van der Waals surface area (Å²) in [5, 5.41) is 4.00. The fourth-order valence-corrected chi connectivity index (χ4v) is 4.78. The largest absolute Gasteiger partial charge is 0.484 e. The lowest BCUT2D eigenvalue weighted by molar-refractivity contribution is -0.137. The predicted octanol–water partition coefficient (Wildman–Crippen LogP) is 5.59. The standard InChI is InChI=1S/C26H29F3N4O3/c1-13(15-7-16(26(27,28)29)9-17(30)8-15)31-24-19-10-21(35-18-5-6-34-12-18)23-20(11-25(3,4)36-23)22(19)32-14(2)33-24/h7-10,13,18H,5-6,11-12,30H2,1-4H3,(H,31,32,33)/t13-,18?/m1/s1. The maximum Gasteiger partial charge on any atom is 0.416 e. The summed E-state index contributed by atoms with van der Waals surface area (Å²) >= 11 is 0. The molecular weight excluding hydrogens is 473 g/mol. The van der Waals surface area contributed by atoms with Crippen LogP contribution in [-0.4, -0.2) is 34.9 Å². The van der Waals surface area contributed by atoms with Crippen LogP contribution in [-0.2, 0) is 17.3 Å². The van der Waals surface area contributed by atoms with E-state index in [0.29, 0.717) is 53.7 Å². The molecule has 2 atom stereocenters. The predicted molar refractivity (Wildman–Crippen MR) is 130 cm³/mol. The van der Waals surface area contributed by atoms with Gasteiger partial charge in [0.1, 0.15) is 23.3 Å². The number of nitrogens with zero attached hydrogens (tertiary/aromatic N) is 2. The molecule has 1 saturated heterocycles. The third-order valence-corrected chi connectivity index (χ3v) is 6.44. The van der Waals surface area contributed by atoms with Gasteiger partial charge in [-0.25, -0.2) is 9.97 Å². The Balaban J connectivity index is 1.58. The van der Waals surface area contributed by atoms with Crippen molar-refractivity contribution in [3.63, 3.8) is 0 Å². The van der Waals surface area contributed by atoms with Gasteiger partial charge in [0.2, 0.25) is 0 Å². The maximum absolute atomic E-state index is 13.4. The first kappa shape index (κ1) is 24.4. The number of ether oxygens (including phenoxy) is 3. The zero-order valence-electron chi connectivity index (χ0n) is 20.6. The van der Waals surface area contributed by atoms with Crippen LogP contribution in [0.2, 0.25) is 0 Å². The molecule has 2 aliphatic rings. The number of alkyl halides is 3. The van der Waals surface area contributed by atoms with Gasteiger partial charge >= 0.3 is 6.18 Å². The average Bonchev–Trinajstić information content (AvgIpc) is 3.40. The lowest BCUT2D eigenvalue weighted by Crippen LogP contribution is -2.25. The number of aryl methyl sites for hydroxylation is 1. The number of nitrogens with two attached hydrogens (primary N) is 1. The molecule has 3 N–H and O–H groups in total. The van der Waals surface area contributed by atoms with Gasteiger partial charge in [0.05, 0.1) is 30.3 Å². The number of hydrogen-bond donors (Lipinski definition) is 2. The molecule has 5 rings (SSSR count). The number of fused-ring (bicyclic) bond motifs is 3. The molecule has 192 valence electrons. The minimum absolute atomic E-state index is 0.0452. The Morgan fingerprint density at radius 1 is 1.19 bits per heavy atom. The van der Waals surface area contributed by atoms with E-state index in [4.69, 9.17) is 24.9 Å². The number of rotatable bonds is 5. The van der Waals surface area contributed by atoms with Gasteiger partial charge in [-0.05, 0) is 57.5 Å². The van der Waals surface area contributed by atoms with Gasteiger partial charge in [-0.15, -0.1) is 0 Å². The van der Waals surface area contributed by atoms with Crippen molar-refractivity contribution in [3.8, 4) is 11.5 Å². The molecule has 7 nitrogen and oxygen atoms in total. The van der Waals surface area contributed by atoms with Crippen molar-refractivity contribution in [2.24, 2.45) is 0 Å². The topological polar surface area (TPSA) is 91.5 Å². The summed E-state index contributed by atoms with van der Waals surface area (Å²) in [6, 6.07) is 4.91. The van der Waals surface area contributed by atoms with Crippen molar-refractivity contribution in [1.29, 1.82) is 0 Å². The highest BCUT2D eigenvalue weighted by Crippen LogP contribution is 2.47. The van der Waals surface area contributed by atoms with Crippen LogP contribution < -0.4 is 20.5 Å². The monoisotopic (exact) mass is 502 g/mol. The molecule has 2 aromatic carbocycles. The van der Waals surface area contributed by atoms with E-state index in [-0.39, 0.29) is 11.8 Å². The van der Waals surface area contributed by atoms with Crippen molar-refractivity contribution in [1.82, 2.24) is 9.97 Å². The quantitative estimate of drug-likeness (QED) is 0.439. The minimum atomic E-state index is -4.49. The molecule has 0 aliphatic carbocycles. The lowest BCUT2D eigenvalue weighted by Gasteiger charge is -2.21. The Morgan fingerprint density at radius 3 is 2.67 bits per heavy atom. The molecule has 1 unspecified atom stereocenters. The van der Waals surface area contributed by atoms with E-state index in [1.807, 2.05) is 19.9 Å². The molecule has 36 heavy (non-hydrogen) atoms. The maximum atomic E-state index is 13.4. The van der Waals surface area contributed by atoms with Crippen molar-refractivity contribution >= 4 is 22.4 Å². The number of nitrogens with one attached hydrogen (secondary N) is 1. The highest BCUT2D eigenvalue weighted by atomic mass is 19.4. The van der Waals surface area contributed by atoms with Crippen LogP contribution in [0.5, 0.6) is 11.5 Å². The Hall–Kier alpha value is -3.27. The van der Waals surface area contributed by atoms with Gasteiger partial charge in [-0.1, -0.05) is 0 Å². The fraction of sp³-hybridized carbons (Fsp3) is 0.462. The van der Waals surface area contributed by atoms with Gasteiger partial charge in [-0.2, -0.15) is 13.2 Å². The zero-order chi connectivity index (χ0) is 25.8. The second-order valence-electron chi connectivity index (χ2n) is 10.1. The first-order valence-electron chi connectivity index (χ1n) is 11.9. The fourth-order valence-electron chi connectivity index (χ4n) is 4.78. The Labute approximate surface area is 207 Å². The van der Waals surface area contributed by atoms with Crippen LogP contribution in [0.4, 0.5) is 24.7 Å². The third-order valence-electron chi connectivity index (χ3n) is 6.44. The van der Waals surface area contributed by atoms with Gasteiger partial charge in [-0.3, -0.25) is 0 Å². The number of benzene rings is 2. The summed E-state index contributed by atoms with van der Waals surface area (Å²) in [4.78, 5) is 9.31.